The molecule has 0 aromatic carbocycles. The van der Waals surface area contributed by atoms with Crippen LogP contribution in [0.15, 0.2) is 0 Å². The van der Waals surface area contributed by atoms with E-state index < -0.39 is 0 Å². The van der Waals surface area contributed by atoms with Crippen molar-refractivity contribution in [3.63, 3.8) is 0 Å². The van der Waals surface area contributed by atoms with E-state index in [4.69, 9.17) is 23.2 Å². The van der Waals surface area contributed by atoms with E-state index in [1.165, 1.54) is 0 Å². The van der Waals surface area contributed by atoms with Gasteiger partial charge in [0.15, 0.2) is 0 Å². The molecular formula is C12H20Cl2N2. The van der Waals surface area contributed by atoms with Crippen LogP contribution in [0.25, 0.3) is 0 Å². The first kappa shape index (κ1) is 13.9. The second kappa shape index (κ2) is 5.92. The lowest BCUT2D eigenvalue weighted by Crippen LogP contribution is -2.09. The van der Waals surface area contributed by atoms with Crippen molar-refractivity contribution >= 4 is 23.2 Å². The first-order valence-electron chi connectivity index (χ1n) is 5.80. The molecule has 0 spiro atoms. The Morgan fingerprint density at radius 1 is 1.38 bits per heavy atom. The minimum Gasteiger partial charge on any atom is -0.271 e. The fourth-order valence-electron chi connectivity index (χ4n) is 2.01. The van der Waals surface area contributed by atoms with E-state index in [0.29, 0.717) is 5.92 Å². The SMILES string of the molecule is CCc1nn(C)c(CC(C)CC(C)Cl)c1Cl. The Hall–Kier alpha value is -0.210. The van der Waals surface area contributed by atoms with Crippen LogP contribution in [0.4, 0.5) is 0 Å². The molecule has 2 nitrogen and oxygen atoms in total. The van der Waals surface area contributed by atoms with Gasteiger partial charge in [-0.25, -0.2) is 0 Å². The molecule has 0 aliphatic rings. The second-order valence-electron chi connectivity index (χ2n) is 4.51. The van der Waals surface area contributed by atoms with E-state index in [1.54, 1.807) is 0 Å². The zero-order valence-electron chi connectivity index (χ0n) is 10.4. The van der Waals surface area contributed by atoms with Crippen molar-refractivity contribution < 1.29 is 0 Å². The summed E-state index contributed by atoms with van der Waals surface area (Å²) in [4.78, 5) is 0. The molecule has 0 saturated carbocycles. The van der Waals surface area contributed by atoms with E-state index in [-0.39, 0.29) is 5.38 Å². The summed E-state index contributed by atoms with van der Waals surface area (Å²) in [5, 5.41) is 5.46. The summed E-state index contributed by atoms with van der Waals surface area (Å²) < 4.78 is 1.90. The highest BCUT2D eigenvalue weighted by molar-refractivity contribution is 6.31. The normalized spacial score (nSPS) is 15.1. The number of aromatic nitrogens is 2. The lowest BCUT2D eigenvalue weighted by atomic mass is 10.00. The Morgan fingerprint density at radius 2 is 2.00 bits per heavy atom. The van der Waals surface area contributed by atoms with Crippen LogP contribution >= 0.6 is 23.2 Å². The first-order valence-corrected chi connectivity index (χ1v) is 6.61. The van der Waals surface area contributed by atoms with Crippen molar-refractivity contribution in [3.05, 3.63) is 16.4 Å². The lowest BCUT2D eigenvalue weighted by molar-refractivity contribution is 0.506. The van der Waals surface area contributed by atoms with Gasteiger partial charge < -0.3 is 0 Å². The molecule has 16 heavy (non-hydrogen) atoms. The van der Waals surface area contributed by atoms with Crippen LogP contribution in [0.3, 0.4) is 0 Å². The van der Waals surface area contributed by atoms with E-state index in [1.807, 2.05) is 18.7 Å². The fraction of sp³-hybridized carbons (Fsp3) is 0.750. The van der Waals surface area contributed by atoms with Gasteiger partial charge in [-0.1, -0.05) is 25.4 Å². The predicted molar refractivity (Wildman–Crippen MR) is 70.4 cm³/mol. The van der Waals surface area contributed by atoms with Gasteiger partial charge in [-0.3, -0.25) is 4.68 Å². The number of hydrogen-bond acceptors (Lipinski definition) is 1. The summed E-state index contributed by atoms with van der Waals surface area (Å²) in [5.74, 6) is 0.533. The highest BCUT2D eigenvalue weighted by atomic mass is 35.5. The molecule has 0 fully saturated rings. The molecule has 0 radical (unpaired) electrons. The summed E-state index contributed by atoms with van der Waals surface area (Å²) in [6, 6.07) is 0. The second-order valence-corrected chi connectivity index (χ2v) is 5.63. The van der Waals surface area contributed by atoms with Gasteiger partial charge in [0, 0.05) is 12.4 Å². The molecule has 4 heteroatoms. The molecule has 0 aliphatic carbocycles. The van der Waals surface area contributed by atoms with Crippen LogP contribution in [0.2, 0.25) is 5.02 Å². The van der Waals surface area contributed by atoms with Crippen molar-refractivity contribution in [3.8, 4) is 0 Å². The highest BCUT2D eigenvalue weighted by Gasteiger charge is 2.16. The molecular weight excluding hydrogens is 243 g/mol. The van der Waals surface area contributed by atoms with E-state index in [9.17, 15) is 0 Å². The van der Waals surface area contributed by atoms with Crippen LogP contribution in [0.1, 0.15) is 38.6 Å². The van der Waals surface area contributed by atoms with Crippen molar-refractivity contribution in [2.45, 2.75) is 45.4 Å². The summed E-state index contributed by atoms with van der Waals surface area (Å²) >= 11 is 12.3. The maximum Gasteiger partial charge on any atom is 0.0849 e. The first-order chi connectivity index (χ1) is 7.45. The average molecular weight is 263 g/mol. The Bertz CT molecular complexity index is 345. The van der Waals surface area contributed by atoms with E-state index in [0.717, 1.165) is 35.7 Å². The molecule has 2 unspecified atom stereocenters. The Kier molecular flexibility index (Phi) is 5.13. The minimum absolute atomic E-state index is 0.215. The molecule has 1 aromatic heterocycles. The van der Waals surface area contributed by atoms with Crippen LogP contribution in [-0.4, -0.2) is 15.2 Å². The van der Waals surface area contributed by atoms with Gasteiger partial charge in [-0.2, -0.15) is 5.10 Å². The quantitative estimate of drug-likeness (QED) is 0.738. The van der Waals surface area contributed by atoms with E-state index >= 15 is 0 Å². The smallest absolute Gasteiger partial charge is 0.0849 e. The predicted octanol–water partition coefficient (Wildman–Crippen LogP) is 3.83. The maximum absolute atomic E-state index is 6.29. The summed E-state index contributed by atoms with van der Waals surface area (Å²) in [7, 11) is 1.96. The molecule has 1 aromatic rings. The fourth-order valence-corrected chi connectivity index (χ4v) is 2.68. The van der Waals surface area contributed by atoms with Gasteiger partial charge in [0.2, 0.25) is 0 Å². The Morgan fingerprint density at radius 3 is 2.44 bits per heavy atom. The summed E-state index contributed by atoms with van der Waals surface area (Å²) in [5.41, 5.74) is 2.12. The van der Waals surface area contributed by atoms with E-state index in [2.05, 4.69) is 18.9 Å². The molecule has 1 heterocycles. The van der Waals surface area contributed by atoms with Crippen LogP contribution in [0, 0.1) is 5.92 Å². The van der Waals surface area contributed by atoms with Crippen molar-refractivity contribution in [2.75, 3.05) is 0 Å². The van der Waals surface area contributed by atoms with Gasteiger partial charge in [0.05, 0.1) is 16.4 Å². The molecule has 2 atom stereocenters. The number of alkyl halides is 1. The molecule has 0 saturated heterocycles. The minimum atomic E-state index is 0.215. The maximum atomic E-state index is 6.29. The van der Waals surface area contributed by atoms with Gasteiger partial charge in [0.1, 0.15) is 0 Å². The lowest BCUT2D eigenvalue weighted by Gasteiger charge is -2.13. The highest BCUT2D eigenvalue weighted by Crippen LogP contribution is 2.25. The van der Waals surface area contributed by atoms with Gasteiger partial charge in [-0.15, -0.1) is 11.6 Å². The third kappa shape index (κ3) is 3.39. The topological polar surface area (TPSA) is 17.8 Å². The van der Waals surface area contributed by atoms with Crippen molar-refractivity contribution in [2.24, 2.45) is 13.0 Å². The average Bonchev–Trinajstić information content (AvgIpc) is 2.44. The van der Waals surface area contributed by atoms with Crippen molar-refractivity contribution in [1.29, 1.82) is 0 Å². The Labute approximate surface area is 108 Å². The van der Waals surface area contributed by atoms with Crippen LogP contribution in [0.5, 0.6) is 0 Å². The number of nitrogens with zero attached hydrogens (tertiary/aromatic N) is 2. The third-order valence-corrected chi connectivity index (χ3v) is 3.39. The van der Waals surface area contributed by atoms with Crippen LogP contribution < -0.4 is 0 Å². The van der Waals surface area contributed by atoms with Crippen LogP contribution in [-0.2, 0) is 19.9 Å². The summed E-state index contributed by atoms with van der Waals surface area (Å²) in [6.45, 7) is 6.30. The zero-order chi connectivity index (χ0) is 12.3. The molecule has 0 amide bonds. The Balaban J connectivity index is 2.76. The number of hydrogen-bond donors (Lipinski definition) is 0. The molecule has 0 bridgehead atoms. The number of rotatable bonds is 5. The van der Waals surface area contributed by atoms with Gasteiger partial charge in [-0.05, 0) is 32.1 Å². The summed E-state index contributed by atoms with van der Waals surface area (Å²) in [6.07, 6.45) is 2.83. The number of halogens is 2. The largest absolute Gasteiger partial charge is 0.271 e. The van der Waals surface area contributed by atoms with Gasteiger partial charge in [0.25, 0.3) is 0 Å². The number of aryl methyl sites for hydroxylation is 2. The van der Waals surface area contributed by atoms with Crippen molar-refractivity contribution in [1.82, 2.24) is 9.78 Å². The van der Waals surface area contributed by atoms with Gasteiger partial charge >= 0.3 is 0 Å². The molecule has 1 rings (SSSR count). The molecule has 92 valence electrons. The standard InChI is InChI=1S/C12H20Cl2N2/c1-5-10-12(14)11(16(4)15-10)7-8(2)6-9(3)13/h8-9H,5-7H2,1-4H3. The molecule has 0 N–H and O–H groups in total. The molecule has 0 aliphatic heterocycles. The zero-order valence-corrected chi connectivity index (χ0v) is 11.9. The third-order valence-electron chi connectivity index (χ3n) is 2.77. The monoisotopic (exact) mass is 262 g/mol.